The van der Waals surface area contributed by atoms with Gasteiger partial charge in [-0.3, -0.25) is 9.47 Å². The van der Waals surface area contributed by atoms with E-state index < -0.39 is 11.7 Å². The van der Waals surface area contributed by atoms with Crippen LogP contribution in [0.2, 0.25) is 0 Å². The van der Waals surface area contributed by atoms with Crippen LogP contribution in [0.5, 0.6) is 5.75 Å². The lowest BCUT2D eigenvalue weighted by molar-refractivity contribution is -0.0676. The topological polar surface area (TPSA) is 79.2 Å². The van der Waals surface area contributed by atoms with Gasteiger partial charge in [-0.05, 0) is 88.8 Å². The second-order valence-electron chi connectivity index (χ2n) is 12.0. The highest BCUT2D eigenvalue weighted by Gasteiger charge is 2.43. The van der Waals surface area contributed by atoms with Crippen molar-refractivity contribution >= 4 is 23.0 Å². The van der Waals surface area contributed by atoms with Crippen molar-refractivity contribution in [2.75, 3.05) is 27.4 Å². The number of fused-ring (bicyclic) bond motifs is 1. The summed E-state index contributed by atoms with van der Waals surface area (Å²) in [6, 6.07) is 11.8. The van der Waals surface area contributed by atoms with Crippen molar-refractivity contribution in [1.29, 1.82) is 0 Å². The number of aromatic nitrogens is 1. The summed E-state index contributed by atoms with van der Waals surface area (Å²) in [5.41, 5.74) is 3.76. The van der Waals surface area contributed by atoms with E-state index in [-0.39, 0.29) is 17.6 Å². The van der Waals surface area contributed by atoms with E-state index >= 15 is 0 Å². The van der Waals surface area contributed by atoms with Crippen LogP contribution in [0, 0.1) is 6.92 Å². The number of aryl methyl sites for hydroxylation is 1. The average molecular weight is 549 g/mol. The summed E-state index contributed by atoms with van der Waals surface area (Å²) in [6.07, 6.45) is 5.37. The molecule has 0 N–H and O–H groups in total. The number of hydrogen-bond acceptors (Lipinski definition) is 7. The molecule has 0 saturated carbocycles. The van der Waals surface area contributed by atoms with E-state index in [1.165, 1.54) is 7.11 Å². The number of benzene rings is 2. The molecule has 2 aliphatic heterocycles. The van der Waals surface area contributed by atoms with Crippen molar-refractivity contribution in [3.05, 3.63) is 64.8 Å². The minimum Gasteiger partial charge on any atom is -0.496 e. The predicted octanol–water partition coefficient (Wildman–Crippen LogP) is 6.41. The van der Waals surface area contributed by atoms with Crippen molar-refractivity contribution in [1.82, 2.24) is 9.47 Å². The summed E-state index contributed by atoms with van der Waals surface area (Å²) in [7, 11) is 3.08. The quantitative estimate of drug-likeness (QED) is 0.341. The van der Waals surface area contributed by atoms with Gasteiger partial charge in [0.25, 0.3) is 0 Å². The summed E-state index contributed by atoms with van der Waals surface area (Å²) in [5, 5.41) is 0.972. The Morgan fingerprint density at radius 2 is 1.85 bits per heavy atom. The van der Waals surface area contributed by atoms with Gasteiger partial charge in [0, 0.05) is 42.9 Å². The van der Waals surface area contributed by atoms with Gasteiger partial charge >= 0.3 is 12.1 Å². The zero-order valence-electron chi connectivity index (χ0n) is 24.4. The third-order valence-corrected chi connectivity index (χ3v) is 8.16. The second kappa shape index (κ2) is 10.9. The Morgan fingerprint density at radius 3 is 2.48 bits per heavy atom. The van der Waals surface area contributed by atoms with Gasteiger partial charge in [0.2, 0.25) is 0 Å². The number of likely N-dealkylation sites (tertiary alicyclic amines) is 1. The number of esters is 1. The van der Waals surface area contributed by atoms with Gasteiger partial charge in [-0.1, -0.05) is 12.1 Å². The number of nitrogens with zero attached hydrogens (tertiary/aromatic N) is 2. The molecule has 1 aromatic heterocycles. The smallest absolute Gasteiger partial charge is 0.419 e. The Morgan fingerprint density at radius 1 is 1.10 bits per heavy atom. The number of methoxy groups -OCH3 is 2. The van der Waals surface area contributed by atoms with Crippen molar-refractivity contribution in [2.45, 2.75) is 77.2 Å². The van der Waals surface area contributed by atoms with Gasteiger partial charge in [0.05, 0.1) is 30.9 Å². The maximum absolute atomic E-state index is 13.1. The van der Waals surface area contributed by atoms with Crippen LogP contribution in [0.25, 0.3) is 10.9 Å². The Bertz CT molecular complexity index is 1400. The highest BCUT2D eigenvalue weighted by atomic mass is 16.6. The third-order valence-electron chi connectivity index (χ3n) is 8.16. The molecular formula is C32H40N2O6. The van der Waals surface area contributed by atoms with E-state index in [0.29, 0.717) is 12.1 Å². The molecule has 5 rings (SSSR count). The predicted molar refractivity (Wildman–Crippen MR) is 153 cm³/mol. The van der Waals surface area contributed by atoms with Crippen LogP contribution >= 0.6 is 0 Å². The van der Waals surface area contributed by atoms with Crippen molar-refractivity contribution in [3.63, 3.8) is 0 Å². The molecule has 0 bridgehead atoms. The molecule has 0 amide bonds. The molecule has 0 aliphatic carbocycles. The van der Waals surface area contributed by atoms with Gasteiger partial charge in [-0.15, -0.1) is 0 Å². The molecular weight excluding hydrogens is 508 g/mol. The van der Waals surface area contributed by atoms with Gasteiger partial charge in [-0.25, -0.2) is 9.59 Å². The fourth-order valence-electron chi connectivity index (χ4n) is 6.25. The molecule has 40 heavy (non-hydrogen) atoms. The van der Waals surface area contributed by atoms with E-state index in [0.717, 1.165) is 72.2 Å². The average Bonchev–Trinajstić information content (AvgIpc) is 3.58. The largest absolute Gasteiger partial charge is 0.496 e. The van der Waals surface area contributed by atoms with Gasteiger partial charge in [0.15, 0.2) is 0 Å². The first-order chi connectivity index (χ1) is 19.0. The maximum atomic E-state index is 13.1. The lowest BCUT2D eigenvalue weighted by Gasteiger charge is -2.45. The molecule has 8 heteroatoms. The van der Waals surface area contributed by atoms with Crippen LogP contribution in [0.15, 0.2) is 42.6 Å². The van der Waals surface area contributed by atoms with Gasteiger partial charge in [-0.2, -0.15) is 0 Å². The highest BCUT2D eigenvalue weighted by molar-refractivity contribution is 5.95. The molecule has 2 fully saturated rings. The number of carbonyl (C=O) groups excluding carboxylic acids is 2. The van der Waals surface area contributed by atoms with Gasteiger partial charge < -0.3 is 18.9 Å². The second-order valence-corrected chi connectivity index (χ2v) is 12.0. The van der Waals surface area contributed by atoms with Crippen molar-refractivity contribution in [2.24, 2.45) is 0 Å². The molecule has 214 valence electrons. The van der Waals surface area contributed by atoms with Gasteiger partial charge in [0.1, 0.15) is 11.4 Å². The number of ether oxygens (including phenoxy) is 4. The normalized spacial score (nSPS) is 21.6. The summed E-state index contributed by atoms with van der Waals surface area (Å²) in [4.78, 5) is 27.6. The fraction of sp³-hybridized carbons (Fsp3) is 0.500. The maximum Gasteiger partial charge on any atom is 0.419 e. The van der Waals surface area contributed by atoms with E-state index in [9.17, 15) is 9.59 Å². The lowest BCUT2D eigenvalue weighted by Crippen LogP contribution is -2.45. The Labute approximate surface area is 236 Å². The molecule has 2 aromatic carbocycles. The molecule has 2 aliphatic rings. The van der Waals surface area contributed by atoms with Crippen LogP contribution in [0.4, 0.5) is 4.79 Å². The minimum absolute atomic E-state index is 0.0903. The van der Waals surface area contributed by atoms with E-state index in [2.05, 4.69) is 4.90 Å². The molecule has 2 unspecified atom stereocenters. The van der Waals surface area contributed by atoms with Crippen LogP contribution in [-0.4, -0.2) is 60.1 Å². The summed E-state index contributed by atoms with van der Waals surface area (Å²) < 4.78 is 24.4. The molecule has 2 atom stereocenters. The monoisotopic (exact) mass is 548 g/mol. The fourth-order valence-corrected chi connectivity index (χ4v) is 6.25. The zero-order valence-corrected chi connectivity index (χ0v) is 24.4. The number of rotatable bonds is 5. The first-order valence-electron chi connectivity index (χ1n) is 14.0. The minimum atomic E-state index is -0.598. The molecule has 1 spiro atoms. The number of piperidine rings is 1. The Hall–Kier alpha value is -3.36. The van der Waals surface area contributed by atoms with E-state index in [4.69, 9.17) is 18.9 Å². The molecule has 2 saturated heterocycles. The van der Waals surface area contributed by atoms with Crippen LogP contribution in [0.3, 0.4) is 0 Å². The standard InChI is InChI=1S/C32H40N2O6/c1-21-18-27(37-5)25(24-12-15-34(28(21)24)30(36)40-31(2,3)4)20-33-16-14-32(13-7-17-39-32)19-26(33)22-8-10-23(11-9-22)29(35)38-6/h8-12,15,18,26H,7,13-14,16-17,19-20H2,1-6H3. The summed E-state index contributed by atoms with van der Waals surface area (Å²) in [5.74, 6) is 0.452. The zero-order chi connectivity index (χ0) is 28.7. The number of carbonyl (C=O) groups is 2. The van der Waals surface area contributed by atoms with Crippen LogP contribution in [-0.2, 0) is 20.8 Å². The van der Waals surface area contributed by atoms with Crippen molar-refractivity contribution in [3.8, 4) is 5.75 Å². The van der Waals surface area contributed by atoms with E-state index in [1.54, 1.807) is 17.9 Å². The van der Waals surface area contributed by atoms with Crippen LogP contribution in [0.1, 0.15) is 79.5 Å². The SMILES string of the molecule is COC(=O)c1ccc(C2CC3(CCCO3)CCN2Cc2c(OC)cc(C)c3c2ccn3C(=O)OC(C)(C)C)cc1. The Balaban J connectivity index is 1.53. The third kappa shape index (κ3) is 5.47. The van der Waals surface area contributed by atoms with E-state index in [1.807, 2.05) is 64.1 Å². The first-order valence-corrected chi connectivity index (χ1v) is 14.0. The first kappa shape index (κ1) is 28.2. The van der Waals surface area contributed by atoms with Crippen LogP contribution < -0.4 is 4.74 Å². The molecule has 3 heterocycles. The molecule has 0 radical (unpaired) electrons. The Kier molecular flexibility index (Phi) is 7.68. The molecule has 8 nitrogen and oxygen atoms in total. The summed E-state index contributed by atoms with van der Waals surface area (Å²) >= 11 is 0. The lowest BCUT2D eigenvalue weighted by atomic mass is 9.81. The molecule has 3 aromatic rings. The number of hydrogen-bond donors (Lipinski definition) is 0. The van der Waals surface area contributed by atoms with Crippen molar-refractivity contribution < 1.29 is 28.5 Å². The highest BCUT2D eigenvalue weighted by Crippen LogP contribution is 2.45. The summed E-state index contributed by atoms with van der Waals surface area (Å²) in [6.45, 7) is 9.89.